The van der Waals surface area contributed by atoms with Crippen LogP contribution in [0.25, 0.3) is 0 Å². The van der Waals surface area contributed by atoms with Crippen molar-refractivity contribution in [2.24, 2.45) is 0 Å². The number of carbonyl (C=O) groups excluding carboxylic acids is 1. The molecule has 0 bridgehead atoms. The Hall–Kier alpha value is -0.760. The molecule has 3 atom stereocenters. The second kappa shape index (κ2) is 36.9. The number of phosphoric acid groups is 1. The maximum Gasteiger partial charge on any atom is 0.268 e. The van der Waals surface area contributed by atoms with Gasteiger partial charge in [0.05, 0.1) is 39.9 Å². The number of unbranched alkanes of at least 4 members (excludes halogenated alkanes) is 28. The molecule has 2 N–H and O–H groups in total. The zero-order valence-corrected chi connectivity index (χ0v) is 36.6. The van der Waals surface area contributed by atoms with Gasteiger partial charge in [-0.1, -0.05) is 199 Å². The highest BCUT2D eigenvalue weighted by Gasteiger charge is 2.23. The van der Waals surface area contributed by atoms with Crippen molar-refractivity contribution in [2.45, 2.75) is 225 Å². The summed E-state index contributed by atoms with van der Waals surface area (Å²) >= 11 is 0. The molecule has 316 valence electrons. The monoisotopic (exact) mass is 773 g/mol. The second-order valence-electron chi connectivity index (χ2n) is 16.8. The average Bonchev–Trinajstić information content (AvgIpc) is 3.10. The van der Waals surface area contributed by atoms with Gasteiger partial charge in [-0.2, -0.15) is 0 Å². The topological polar surface area (TPSA) is 108 Å². The van der Waals surface area contributed by atoms with Crippen molar-refractivity contribution < 1.29 is 32.9 Å². The first-order valence-corrected chi connectivity index (χ1v) is 24.0. The van der Waals surface area contributed by atoms with Gasteiger partial charge in [0.25, 0.3) is 7.82 Å². The van der Waals surface area contributed by atoms with Gasteiger partial charge in [-0.05, 0) is 19.3 Å². The van der Waals surface area contributed by atoms with Crippen molar-refractivity contribution >= 4 is 13.7 Å². The van der Waals surface area contributed by atoms with E-state index in [1.165, 1.54) is 154 Å². The van der Waals surface area contributed by atoms with Gasteiger partial charge in [0.2, 0.25) is 5.91 Å². The van der Waals surface area contributed by atoms with E-state index in [4.69, 9.17) is 9.05 Å². The number of quaternary nitrogens is 1. The molecule has 0 fully saturated rings. The predicted octanol–water partition coefficient (Wildman–Crippen LogP) is 11.7. The van der Waals surface area contributed by atoms with Crippen LogP contribution in [0.5, 0.6) is 0 Å². The van der Waals surface area contributed by atoms with E-state index in [0.717, 1.165) is 38.5 Å². The predicted molar refractivity (Wildman–Crippen MR) is 224 cm³/mol. The Morgan fingerprint density at radius 3 is 1.42 bits per heavy atom. The summed E-state index contributed by atoms with van der Waals surface area (Å²) in [6, 6.07) is -0.879. The van der Waals surface area contributed by atoms with Crippen LogP contribution in [0.4, 0.5) is 0 Å². The van der Waals surface area contributed by atoms with Gasteiger partial charge in [-0.25, -0.2) is 0 Å². The number of hydrogen-bond acceptors (Lipinski definition) is 6. The van der Waals surface area contributed by atoms with Crippen molar-refractivity contribution in [1.82, 2.24) is 5.32 Å². The highest BCUT2D eigenvalue weighted by molar-refractivity contribution is 7.45. The number of likely N-dealkylation sites (N-methyl/N-ethyl adjacent to an activating group) is 1. The van der Waals surface area contributed by atoms with Crippen LogP contribution in [0.2, 0.25) is 0 Å². The number of nitrogens with zero attached hydrogens (tertiary/aromatic N) is 1. The fraction of sp³-hybridized carbons (Fsp3) is 0.932. The van der Waals surface area contributed by atoms with Crippen molar-refractivity contribution in [3.8, 4) is 0 Å². The highest BCUT2D eigenvalue weighted by Crippen LogP contribution is 2.38. The lowest BCUT2D eigenvalue weighted by atomic mass is 10.0. The van der Waals surface area contributed by atoms with Gasteiger partial charge in [-0.3, -0.25) is 9.36 Å². The summed E-state index contributed by atoms with van der Waals surface area (Å²) < 4.78 is 23.2. The zero-order valence-electron chi connectivity index (χ0n) is 35.7. The number of phosphoric ester groups is 1. The molecule has 0 aliphatic carbocycles. The van der Waals surface area contributed by atoms with E-state index in [9.17, 15) is 19.4 Å². The van der Waals surface area contributed by atoms with Crippen LogP contribution in [0.15, 0.2) is 12.2 Å². The summed E-state index contributed by atoms with van der Waals surface area (Å²) in [6.07, 6.45) is 41.1. The molecule has 3 unspecified atom stereocenters. The van der Waals surface area contributed by atoms with Crippen LogP contribution < -0.4 is 10.2 Å². The number of aliphatic hydroxyl groups is 1. The SMILES string of the molecule is CCCCCCCCCCCCCCCCCCCC/C=C/C(O)C(COP(=O)([O-])OCC[N+](C)(C)C)NC(=O)CCCCCCCCCCCCC. The Morgan fingerprint density at radius 1 is 0.642 bits per heavy atom. The standard InChI is InChI=1S/C44H89N2O6P/c1-6-8-10-12-14-16-18-19-20-21-22-23-24-25-26-28-29-31-33-35-37-43(47)42(41-52-53(49,50)51-40-39-46(3,4)5)45-44(48)38-36-34-32-30-27-17-15-13-11-9-7-2/h35,37,42-43,47H,6-34,36,38-41H2,1-5H3,(H-,45,48,49,50)/b37-35+. The molecule has 0 spiro atoms. The molecular formula is C44H89N2O6P. The molecule has 0 aromatic rings. The first-order valence-electron chi connectivity index (χ1n) is 22.6. The van der Waals surface area contributed by atoms with Crippen LogP contribution in [0.3, 0.4) is 0 Å². The minimum atomic E-state index is -4.58. The first-order chi connectivity index (χ1) is 25.5. The fourth-order valence-corrected chi connectivity index (χ4v) is 7.35. The van der Waals surface area contributed by atoms with Crippen LogP contribution in [0, 0.1) is 0 Å². The number of allylic oxidation sites excluding steroid dienone is 1. The molecule has 0 aromatic heterocycles. The number of hydrogen-bond donors (Lipinski definition) is 2. The van der Waals surface area contributed by atoms with Crippen LogP contribution in [0.1, 0.15) is 213 Å². The Morgan fingerprint density at radius 2 is 1.02 bits per heavy atom. The minimum absolute atomic E-state index is 0.00200. The number of amides is 1. The summed E-state index contributed by atoms with van der Waals surface area (Å²) in [4.78, 5) is 25.2. The van der Waals surface area contributed by atoms with E-state index in [1.54, 1.807) is 6.08 Å². The Bertz CT molecular complexity index is 880. The van der Waals surface area contributed by atoms with Crippen LogP contribution in [-0.4, -0.2) is 68.5 Å². The summed E-state index contributed by atoms with van der Waals surface area (Å²) in [5, 5.41) is 13.8. The average molecular weight is 773 g/mol. The highest BCUT2D eigenvalue weighted by atomic mass is 31.2. The van der Waals surface area contributed by atoms with E-state index < -0.39 is 20.0 Å². The van der Waals surface area contributed by atoms with Crippen LogP contribution >= 0.6 is 7.82 Å². The van der Waals surface area contributed by atoms with Crippen molar-refractivity contribution in [3.05, 3.63) is 12.2 Å². The quantitative estimate of drug-likeness (QED) is 0.0277. The molecule has 53 heavy (non-hydrogen) atoms. The lowest BCUT2D eigenvalue weighted by Gasteiger charge is -2.29. The molecule has 1 amide bonds. The third-order valence-corrected chi connectivity index (χ3v) is 11.2. The van der Waals surface area contributed by atoms with Gasteiger partial charge in [-0.15, -0.1) is 0 Å². The van der Waals surface area contributed by atoms with E-state index in [-0.39, 0.29) is 19.1 Å². The van der Waals surface area contributed by atoms with Gasteiger partial charge in [0.15, 0.2) is 0 Å². The van der Waals surface area contributed by atoms with E-state index in [2.05, 4.69) is 19.2 Å². The summed E-state index contributed by atoms with van der Waals surface area (Å²) in [5.74, 6) is -0.197. The molecular weight excluding hydrogens is 683 g/mol. The van der Waals surface area contributed by atoms with E-state index >= 15 is 0 Å². The summed E-state index contributed by atoms with van der Waals surface area (Å²) in [7, 11) is 1.27. The lowest BCUT2D eigenvalue weighted by molar-refractivity contribution is -0.870. The molecule has 8 nitrogen and oxygen atoms in total. The molecule has 0 rings (SSSR count). The molecule has 0 heterocycles. The molecule has 0 aromatic carbocycles. The fourth-order valence-electron chi connectivity index (χ4n) is 6.62. The smallest absolute Gasteiger partial charge is 0.268 e. The van der Waals surface area contributed by atoms with Crippen molar-refractivity contribution in [3.63, 3.8) is 0 Å². The Kier molecular flexibility index (Phi) is 36.3. The number of carbonyl (C=O) groups is 1. The maximum atomic E-state index is 12.8. The number of nitrogens with one attached hydrogen (secondary N) is 1. The van der Waals surface area contributed by atoms with Gasteiger partial charge < -0.3 is 28.8 Å². The zero-order chi connectivity index (χ0) is 39.3. The lowest BCUT2D eigenvalue weighted by Crippen LogP contribution is -2.45. The third-order valence-electron chi connectivity index (χ3n) is 10.2. The maximum absolute atomic E-state index is 12.8. The van der Waals surface area contributed by atoms with Gasteiger partial charge in [0, 0.05) is 6.42 Å². The minimum Gasteiger partial charge on any atom is -0.756 e. The molecule has 0 saturated carbocycles. The molecule has 0 aliphatic heterocycles. The number of aliphatic hydroxyl groups excluding tert-OH is 1. The normalized spacial score (nSPS) is 14.5. The van der Waals surface area contributed by atoms with Crippen LogP contribution in [-0.2, 0) is 18.4 Å². The largest absolute Gasteiger partial charge is 0.756 e. The van der Waals surface area contributed by atoms with Gasteiger partial charge in [0.1, 0.15) is 13.2 Å². The van der Waals surface area contributed by atoms with Gasteiger partial charge >= 0.3 is 0 Å². The second-order valence-corrected chi connectivity index (χ2v) is 18.2. The molecule has 0 radical (unpaired) electrons. The first kappa shape index (κ1) is 52.2. The molecule has 0 aliphatic rings. The van der Waals surface area contributed by atoms with Crippen molar-refractivity contribution in [2.75, 3.05) is 40.9 Å². The Balaban J connectivity index is 4.34. The molecule has 0 saturated heterocycles. The summed E-state index contributed by atoms with van der Waals surface area (Å²) in [6.45, 7) is 4.65. The van der Waals surface area contributed by atoms with E-state index in [1.807, 2.05) is 27.2 Å². The molecule has 9 heteroatoms. The third kappa shape index (κ3) is 39.3. The Labute approximate surface area is 329 Å². The van der Waals surface area contributed by atoms with Crippen molar-refractivity contribution in [1.29, 1.82) is 0 Å². The van der Waals surface area contributed by atoms with E-state index in [0.29, 0.717) is 17.4 Å². The summed E-state index contributed by atoms with van der Waals surface area (Å²) in [5.41, 5.74) is 0. The number of rotatable bonds is 41.